The van der Waals surface area contributed by atoms with Crippen molar-refractivity contribution in [1.82, 2.24) is 5.32 Å². The summed E-state index contributed by atoms with van der Waals surface area (Å²) in [4.78, 5) is 25.0. The fraction of sp³-hybridized carbons (Fsp3) is 0.300. The SMILES string of the molecule is Cc1ccccc1C(=O)NC(C(=O)Nc1cccc(C(F)(F)F)c1)C(C)C. The second-order valence-electron chi connectivity index (χ2n) is 6.58. The molecule has 0 bridgehead atoms. The maximum atomic E-state index is 12.8. The Hall–Kier alpha value is -2.83. The summed E-state index contributed by atoms with van der Waals surface area (Å²) in [6, 6.07) is 10.4. The van der Waals surface area contributed by atoms with E-state index in [9.17, 15) is 22.8 Å². The van der Waals surface area contributed by atoms with Crippen molar-refractivity contribution in [2.75, 3.05) is 5.32 Å². The van der Waals surface area contributed by atoms with Gasteiger partial charge in [0.25, 0.3) is 5.91 Å². The quantitative estimate of drug-likeness (QED) is 0.810. The van der Waals surface area contributed by atoms with Gasteiger partial charge in [-0.15, -0.1) is 0 Å². The summed E-state index contributed by atoms with van der Waals surface area (Å²) in [5.41, 5.74) is 0.363. The highest BCUT2D eigenvalue weighted by atomic mass is 19.4. The fourth-order valence-electron chi connectivity index (χ4n) is 2.57. The molecule has 0 aliphatic rings. The predicted molar refractivity (Wildman–Crippen MR) is 97.3 cm³/mol. The van der Waals surface area contributed by atoms with E-state index in [0.29, 0.717) is 5.56 Å². The largest absolute Gasteiger partial charge is 0.416 e. The van der Waals surface area contributed by atoms with Crippen molar-refractivity contribution in [3.8, 4) is 0 Å². The number of nitrogens with one attached hydrogen (secondary N) is 2. The van der Waals surface area contributed by atoms with Gasteiger partial charge >= 0.3 is 6.18 Å². The number of anilines is 1. The van der Waals surface area contributed by atoms with Crippen LogP contribution in [-0.4, -0.2) is 17.9 Å². The molecule has 1 atom stereocenters. The smallest absolute Gasteiger partial charge is 0.340 e. The van der Waals surface area contributed by atoms with Crippen molar-refractivity contribution in [1.29, 1.82) is 0 Å². The summed E-state index contributed by atoms with van der Waals surface area (Å²) in [5.74, 6) is -1.25. The minimum absolute atomic E-state index is 0.0191. The number of rotatable bonds is 5. The lowest BCUT2D eigenvalue weighted by Gasteiger charge is -2.22. The van der Waals surface area contributed by atoms with Gasteiger partial charge in [0.05, 0.1) is 5.56 Å². The first-order valence-corrected chi connectivity index (χ1v) is 8.44. The van der Waals surface area contributed by atoms with Gasteiger partial charge in [-0.25, -0.2) is 0 Å². The minimum atomic E-state index is -4.50. The van der Waals surface area contributed by atoms with Crippen LogP contribution in [0, 0.1) is 12.8 Å². The molecule has 2 rings (SSSR count). The highest BCUT2D eigenvalue weighted by molar-refractivity contribution is 6.01. The molecule has 2 aromatic rings. The zero-order valence-corrected chi connectivity index (χ0v) is 15.2. The third-order valence-electron chi connectivity index (χ3n) is 4.08. The number of carbonyl (C=O) groups is 2. The normalized spacial score (nSPS) is 12.6. The number of alkyl halides is 3. The topological polar surface area (TPSA) is 58.2 Å². The molecule has 0 aliphatic carbocycles. The predicted octanol–water partition coefficient (Wildman–Crippen LogP) is 4.41. The highest BCUT2D eigenvalue weighted by Gasteiger charge is 2.31. The van der Waals surface area contributed by atoms with E-state index in [1.54, 1.807) is 45.0 Å². The number of hydrogen-bond acceptors (Lipinski definition) is 2. The molecule has 0 radical (unpaired) electrons. The van der Waals surface area contributed by atoms with Gasteiger partial charge in [-0.1, -0.05) is 38.1 Å². The van der Waals surface area contributed by atoms with Crippen LogP contribution in [0.1, 0.15) is 35.3 Å². The molecular weight excluding hydrogens is 357 g/mol. The number of benzene rings is 2. The lowest BCUT2D eigenvalue weighted by Crippen LogP contribution is -2.47. The van der Waals surface area contributed by atoms with E-state index >= 15 is 0 Å². The van der Waals surface area contributed by atoms with Gasteiger partial charge < -0.3 is 10.6 Å². The number of halogens is 3. The molecular formula is C20H21F3N2O2. The van der Waals surface area contributed by atoms with E-state index in [2.05, 4.69) is 10.6 Å². The Morgan fingerprint density at radius 3 is 2.26 bits per heavy atom. The van der Waals surface area contributed by atoms with Crippen LogP contribution < -0.4 is 10.6 Å². The van der Waals surface area contributed by atoms with Crippen LogP contribution >= 0.6 is 0 Å². The minimum Gasteiger partial charge on any atom is -0.340 e. The highest BCUT2D eigenvalue weighted by Crippen LogP contribution is 2.30. The molecule has 0 heterocycles. The molecule has 0 saturated carbocycles. The average molecular weight is 378 g/mol. The number of hydrogen-bond donors (Lipinski definition) is 2. The van der Waals surface area contributed by atoms with Crippen molar-refractivity contribution in [3.05, 3.63) is 65.2 Å². The van der Waals surface area contributed by atoms with Gasteiger partial charge in [0.1, 0.15) is 6.04 Å². The first kappa shape index (κ1) is 20.5. The average Bonchev–Trinajstić information content (AvgIpc) is 2.59. The maximum absolute atomic E-state index is 12.8. The Kier molecular flexibility index (Phi) is 6.25. The molecule has 1 unspecified atom stereocenters. The van der Waals surface area contributed by atoms with Crippen LogP contribution in [0.4, 0.5) is 18.9 Å². The molecule has 0 aliphatic heterocycles. The maximum Gasteiger partial charge on any atom is 0.416 e. The van der Waals surface area contributed by atoms with Crippen LogP contribution in [0.25, 0.3) is 0 Å². The van der Waals surface area contributed by atoms with E-state index in [1.165, 1.54) is 12.1 Å². The first-order chi connectivity index (χ1) is 12.6. The zero-order chi connectivity index (χ0) is 20.2. The van der Waals surface area contributed by atoms with Gasteiger partial charge in [0, 0.05) is 11.3 Å². The van der Waals surface area contributed by atoms with Crippen LogP contribution in [0.3, 0.4) is 0 Å². The van der Waals surface area contributed by atoms with E-state index in [0.717, 1.165) is 17.7 Å². The standard InChI is InChI=1S/C20H21F3N2O2/c1-12(2)17(25-18(26)16-10-5-4-7-13(16)3)19(27)24-15-9-6-8-14(11-15)20(21,22)23/h4-12,17H,1-3H3,(H,24,27)(H,25,26). The van der Waals surface area contributed by atoms with Gasteiger partial charge in [0.2, 0.25) is 5.91 Å². The van der Waals surface area contributed by atoms with Gasteiger partial charge in [-0.3, -0.25) is 9.59 Å². The summed E-state index contributed by atoms with van der Waals surface area (Å²) in [6.45, 7) is 5.27. The Balaban J connectivity index is 2.16. The third kappa shape index (κ3) is 5.32. The van der Waals surface area contributed by atoms with E-state index in [1.807, 2.05) is 0 Å². The van der Waals surface area contributed by atoms with E-state index in [4.69, 9.17) is 0 Å². The summed E-state index contributed by atoms with van der Waals surface area (Å²) in [5, 5.41) is 5.12. The van der Waals surface area contributed by atoms with Crippen LogP contribution in [-0.2, 0) is 11.0 Å². The molecule has 2 amide bonds. The van der Waals surface area contributed by atoms with Crippen molar-refractivity contribution in [3.63, 3.8) is 0 Å². The fourth-order valence-corrected chi connectivity index (χ4v) is 2.57. The Labute approximate surface area is 155 Å². The first-order valence-electron chi connectivity index (χ1n) is 8.44. The number of carbonyl (C=O) groups excluding carboxylic acids is 2. The summed E-state index contributed by atoms with van der Waals surface area (Å²) in [6.07, 6.45) is -4.50. The van der Waals surface area contributed by atoms with Gasteiger partial charge in [0.15, 0.2) is 0 Å². The van der Waals surface area contributed by atoms with Gasteiger partial charge in [-0.05, 0) is 42.7 Å². The Morgan fingerprint density at radius 2 is 1.67 bits per heavy atom. The monoisotopic (exact) mass is 378 g/mol. The van der Waals surface area contributed by atoms with Crippen molar-refractivity contribution < 1.29 is 22.8 Å². The summed E-state index contributed by atoms with van der Waals surface area (Å²) >= 11 is 0. The van der Waals surface area contributed by atoms with Crippen LogP contribution in [0.5, 0.6) is 0 Å². The van der Waals surface area contributed by atoms with Crippen molar-refractivity contribution in [2.24, 2.45) is 5.92 Å². The van der Waals surface area contributed by atoms with Gasteiger partial charge in [-0.2, -0.15) is 13.2 Å². The molecule has 4 nitrogen and oxygen atoms in total. The zero-order valence-electron chi connectivity index (χ0n) is 15.2. The van der Waals surface area contributed by atoms with Crippen molar-refractivity contribution >= 4 is 17.5 Å². The van der Waals surface area contributed by atoms with Crippen LogP contribution in [0.2, 0.25) is 0 Å². The molecule has 27 heavy (non-hydrogen) atoms. The molecule has 7 heteroatoms. The van der Waals surface area contributed by atoms with E-state index < -0.39 is 29.6 Å². The Bertz CT molecular complexity index is 832. The van der Waals surface area contributed by atoms with E-state index in [-0.39, 0.29) is 11.6 Å². The molecule has 2 N–H and O–H groups in total. The number of amides is 2. The van der Waals surface area contributed by atoms with Crippen LogP contribution in [0.15, 0.2) is 48.5 Å². The molecule has 2 aromatic carbocycles. The molecule has 0 saturated heterocycles. The lowest BCUT2D eigenvalue weighted by molar-refractivity contribution is -0.137. The summed E-state index contributed by atoms with van der Waals surface area (Å²) < 4.78 is 38.5. The third-order valence-corrected chi connectivity index (χ3v) is 4.08. The Morgan fingerprint density at radius 1 is 1.00 bits per heavy atom. The molecule has 0 aromatic heterocycles. The number of aryl methyl sites for hydroxylation is 1. The molecule has 0 spiro atoms. The van der Waals surface area contributed by atoms with Crippen molar-refractivity contribution in [2.45, 2.75) is 33.0 Å². The second kappa shape index (κ2) is 8.24. The summed E-state index contributed by atoms with van der Waals surface area (Å²) in [7, 11) is 0. The molecule has 0 fully saturated rings. The second-order valence-corrected chi connectivity index (χ2v) is 6.58. The lowest BCUT2D eigenvalue weighted by atomic mass is 10.0. The molecule has 144 valence electrons.